The van der Waals surface area contributed by atoms with Crippen molar-refractivity contribution in [1.82, 2.24) is 4.98 Å². The predicted octanol–water partition coefficient (Wildman–Crippen LogP) is 4.38. The summed E-state index contributed by atoms with van der Waals surface area (Å²) >= 11 is 1.28. The van der Waals surface area contributed by atoms with Crippen molar-refractivity contribution in [2.45, 2.75) is 12.5 Å². The summed E-state index contributed by atoms with van der Waals surface area (Å²) in [7, 11) is 0. The molecule has 1 heterocycles. The third-order valence-electron chi connectivity index (χ3n) is 3.55. The molecule has 3 rings (SSSR count). The first-order chi connectivity index (χ1) is 12.6. The fourth-order valence-corrected chi connectivity index (χ4v) is 3.07. The van der Waals surface area contributed by atoms with Gasteiger partial charge in [-0.25, -0.2) is 18.6 Å². The van der Waals surface area contributed by atoms with Crippen molar-refractivity contribution < 1.29 is 18.3 Å². The highest BCUT2D eigenvalue weighted by Crippen LogP contribution is 2.24. The Kier molecular flexibility index (Phi) is 5.34. The Morgan fingerprint density at radius 1 is 1.23 bits per heavy atom. The maximum atomic E-state index is 13.7. The molecule has 0 bridgehead atoms. The number of hydrogen-bond donors (Lipinski definition) is 0. The van der Waals surface area contributed by atoms with Gasteiger partial charge in [-0.3, -0.25) is 0 Å². The van der Waals surface area contributed by atoms with Crippen molar-refractivity contribution in [3.8, 4) is 16.6 Å². The Bertz CT molecular complexity index is 967. The second kappa shape index (κ2) is 7.85. The molecule has 0 unspecified atom stereocenters. The van der Waals surface area contributed by atoms with Gasteiger partial charge < -0.3 is 4.74 Å². The molecule has 0 aliphatic carbocycles. The van der Waals surface area contributed by atoms with Crippen LogP contribution in [0.5, 0.6) is 0 Å². The molecule has 0 fully saturated rings. The molecule has 3 aromatic rings. The fourth-order valence-electron chi connectivity index (χ4n) is 2.27. The molecule has 7 heteroatoms. The highest BCUT2D eigenvalue weighted by molar-refractivity contribution is 7.13. The second-order valence-electron chi connectivity index (χ2n) is 5.37. The van der Waals surface area contributed by atoms with Gasteiger partial charge in [0.25, 0.3) is 0 Å². The molecule has 0 N–H and O–H groups in total. The van der Waals surface area contributed by atoms with Crippen LogP contribution in [0.4, 0.5) is 8.78 Å². The molecule has 0 amide bonds. The minimum absolute atomic E-state index is 0.0775. The zero-order chi connectivity index (χ0) is 18.5. The Morgan fingerprint density at radius 3 is 2.69 bits per heavy atom. The minimum Gasteiger partial charge on any atom is -0.442 e. The van der Waals surface area contributed by atoms with Gasteiger partial charge in [-0.2, -0.15) is 5.26 Å². The van der Waals surface area contributed by atoms with Crippen molar-refractivity contribution in [2.24, 2.45) is 0 Å². The van der Waals surface area contributed by atoms with Crippen molar-refractivity contribution in [2.75, 3.05) is 0 Å². The number of halogens is 2. The maximum absolute atomic E-state index is 13.7. The highest BCUT2D eigenvalue weighted by Gasteiger charge is 2.20. The highest BCUT2D eigenvalue weighted by atomic mass is 32.1. The number of thiazole rings is 1. The van der Waals surface area contributed by atoms with Gasteiger partial charge in [-0.05, 0) is 11.6 Å². The van der Waals surface area contributed by atoms with Crippen LogP contribution in [0.3, 0.4) is 0 Å². The second-order valence-corrected chi connectivity index (χ2v) is 6.22. The van der Waals surface area contributed by atoms with E-state index in [0.717, 1.165) is 17.7 Å². The molecule has 130 valence electrons. The third-order valence-corrected chi connectivity index (χ3v) is 4.44. The molecular formula is C19H12F2N2O2S. The van der Waals surface area contributed by atoms with E-state index in [4.69, 9.17) is 4.74 Å². The summed E-state index contributed by atoms with van der Waals surface area (Å²) in [6.45, 7) is 0. The van der Waals surface area contributed by atoms with Crippen LogP contribution < -0.4 is 0 Å². The van der Waals surface area contributed by atoms with Crippen molar-refractivity contribution in [3.05, 3.63) is 76.8 Å². The van der Waals surface area contributed by atoms with Crippen LogP contribution in [-0.2, 0) is 11.2 Å². The molecule has 0 saturated carbocycles. The van der Waals surface area contributed by atoms with Crippen LogP contribution in [-0.4, -0.2) is 17.1 Å². The number of ether oxygens (including phenoxy) is 1. The van der Waals surface area contributed by atoms with Gasteiger partial charge in [-0.1, -0.05) is 36.4 Å². The van der Waals surface area contributed by atoms with E-state index >= 15 is 0 Å². The number of benzene rings is 2. The van der Waals surface area contributed by atoms with Gasteiger partial charge in [0.1, 0.15) is 22.7 Å². The Morgan fingerprint density at radius 2 is 2.00 bits per heavy atom. The van der Waals surface area contributed by atoms with Crippen LogP contribution in [0.2, 0.25) is 0 Å². The first-order valence-corrected chi connectivity index (χ1v) is 8.50. The zero-order valence-electron chi connectivity index (χ0n) is 13.4. The van der Waals surface area contributed by atoms with E-state index in [-0.39, 0.29) is 17.7 Å². The lowest BCUT2D eigenvalue weighted by Crippen LogP contribution is -2.20. The normalized spacial score (nSPS) is 11.6. The number of nitrogens with zero attached hydrogens (tertiary/aromatic N) is 2. The van der Waals surface area contributed by atoms with Crippen LogP contribution in [0.15, 0.2) is 53.9 Å². The number of hydrogen-bond acceptors (Lipinski definition) is 5. The number of rotatable bonds is 5. The van der Waals surface area contributed by atoms with Crippen LogP contribution in [0, 0.1) is 23.0 Å². The summed E-state index contributed by atoms with van der Waals surface area (Å²) < 4.78 is 31.7. The number of aromatic nitrogens is 1. The summed E-state index contributed by atoms with van der Waals surface area (Å²) in [5.41, 5.74) is 1.03. The number of esters is 1. The Labute approximate surface area is 152 Å². The van der Waals surface area contributed by atoms with E-state index < -0.39 is 23.7 Å². The molecule has 2 aromatic carbocycles. The monoisotopic (exact) mass is 370 g/mol. The maximum Gasteiger partial charge on any atom is 0.359 e. The van der Waals surface area contributed by atoms with Crippen LogP contribution in [0.25, 0.3) is 10.6 Å². The van der Waals surface area contributed by atoms with Gasteiger partial charge in [0.15, 0.2) is 11.8 Å². The lowest BCUT2D eigenvalue weighted by Gasteiger charge is -2.10. The van der Waals surface area contributed by atoms with Crippen molar-refractivity contribution >= 4 is 17.3 Å². The number of nitriles is 1. The smallest absolute Gasteiger partial charge is 0.359 e. The predicted molar refractivity (Wildman–Crippen MR) is 92.4 cm³/mol. The fraction of sp³-hybridized carbons (Fsp3) is 0.105. The van der Waals surface area contributed by atoms with Gasteiger partial charge in [0.2, 0.25) is 0 Å². The van der Waals surface area contributed by atoms with E-state index in [1.165, 1.54) is 22.8 Å². The van der Waals surface area contributed by atoms with Crippen molar-refractivity contribution in [1.29, 1.82) is 5.26 Å². The number of carbonyl (C=O) groups is 1. The summed E-state index contributed by atoms with van der Waals surface area (Å²) in [5.74, 6) is -2.27. The zero-order valence-corrected chi connectivity index (χ0v) is 14.2. The molecule has 26 heavy (non-hydrogen) atoms. The summed E-state index contributed by atoms with van der Waals surface area (Å²) in [6.07, 6.45) is -1.38. The SMILES string of the molecule is N#C[C@@H](Cc1ccc(F)cc1F)OC(=O)c1csc(-c2ccccc2)n1. The molecule has 0 radical (unpaired) electrons. The van der Waals surface area contributed by atoms with Gasteiger partial charge in [0.05, 0.1) is 0 Å². The summed E-state index contributed by atoms with van der Waals surface area (Å²) in [4.78, 5) is 16.4. The van der Waals surface area contributed by atoms with E-state index in [2.05, 4.69) is 4.98 Å². The van der Waals surface area contributed by atoms with Gasteiger partial charge in [-0.15, -0.1) is 11.3 Å². The van der Waals surface area contributed by atoms with E-state index in [1.54, 1.807) is 6.07 Å². The lowest BCUT2D eigenvalue weighted by molar-refractivity contribution is 0.0400. The molecule has 0 aliphatic heterocycles. The molecule has 0 aliphatic rings. The van der Waals surface area contributed by atoms with Gasteiger partial charge >= 0.3 is 5.97 Å². The molecule has 4 nitrogen and oxygen atoms in total. The average molecular weight is 370 g/mol. The minimum atomic E-state index is -1.20. The molecule has 0 spiro atoms. The number of carbonyl (C=O) groups excluding carboxylic acids is 1. The first-order valence-electron chi connectivity index (χ1n) is 7.62. The lowest BCUT2D eigenvalue weighted by atomic mass is 10.1. The standard InChI is InChI=1S/C19H12F2N2O2S/c20-14-7-6-13(16(21)9-14)8-15(10-22)25-19(24)17-11-26-18(23-17)12-4-2-1-3-5-12/h1-7,9,11,15H,8H2/t15-/m1/s1. The average Bonchev–Trinajstić information content (AvgIpc) is 3.14. The molecule has 1 atom stereocenters. The van der Waals surface area contributed by atoms with Gasteiger partial charge in [0, 0.05) is 23.4 Å². The molecular weight excluding hydrogens is 358 g/mol. The largest absolute Gasteiger partial charge is 0.442 e. The quantitative estimate of drug-likeness (QED) is 0.625. The van der Waals surface area contributed by atoms with E-state index in [9.17, 15) is 18.8 Å². The van der Waals surface area contributed by atoms with E-state index in [1.807, 2.05) is 30.3 Å². The van der Waals surface area contributed by atoms with E-state index in [0.29, 0.717) is 5.01 Å². The Balaban J connectivity index is 1.70. The van der Waals surface area contributed by atoms with Crippen LogP contribution >= 0.6 is 11.3 Å². The van der Waals surface area contributed by atoms with Crippen molar-refractivity contribution in [3.63, 3.8) is 0 Å². The topological polar surface area (TPSA) is 63.0 Å². The van der Waals surface area contributed by atoms with Crippen LogP contribution in [0.1, 0.15) is 16.1 Å². The third kappa shape index (κ3) is 4.10. The summed E-state index contributed by atoms with van der Waals surface area (Å²) in [5, 5.41) is 11.4. The Hall–Kier alpha value is -3.11. The first kappa shape index (κ1) is 17.7. The molecule has 1 aromatic heterocycles. The molecule has 0 saturated heterocycles. The summed E-state index contributed by atoms with van der Waals surface area (Å²) in [6, 6.07) is 14.1.